The van der Waals surface area contributed by atoms with Gasteiger partial charge in [0.25, 0.3) is 0 Å². The fraction of sp³-hybridized carbons (Fsp3) is 0.556. The zero-order chi connectivity index (χ0) is 15.9. The Labute approximate surface area is 132 Å². The molecule has 0 amide bonds. The summed E-state index contributed by atoms with van der Waals surface area (Å²) in [6, 6.07) is 3.40. The topological polar surface area (TPSA) is 28.3 Å². The van der Waals surface area contributed by atoms with Gasteiger partial charge in [-0.1, -0.05) is 6.92 Å². The van der Waals surface area contributed by atoms with Gasteiger partial charge in [0.1, 0.15) is 5.82 Å². The van der Waals surface area contributed by atoms with E-state index in [1.54, 1.807) is 6.07 Å². The molecule has 0 radical (unpaired) electrons. The van der Waals surface area contributed by atoms with Crippen molar-refractivity contribution in [2.24, 2.45) is 0 Å². The molecule has 0 saturated heterocycles. The van der Waals surface area contributed by atoms with Gasteiger partial charge in [-0.3, -0.25) is 0 Å². The number of aromatic nitrogens is 1. The molecule has 0 atom stereocenters. The minimum atomic E-state index is -0.103. The number of nitrogens with zero attached hydrogens (tertiary/aromatic N) is 1. The van der Waals surface area contributed by atoms with Crippen molar-refractivity contribution in [2.75, 3.05) is 33.9 Å². The number of H-pyrrole nitrogens is 1. The van der Waals surface area contributed by atoms with E-state index < -0.39 is 0 Å². The van der Waals surface area contributed by atoms with Gasteiger partial charge in [-0.15, -0.1) is 0 Å². The number of hydrogen-bond donors (Lipinski definition) is 1. The van der Waals surface area contributed by atoms with Crippen LogP contribution in [-0.2, 0) is 17.6 Å². The minimum absolute atomic E-state index is 0.103. The Morgan fingerprint density at radius 2 is 2.00 bits per heavy atom. The standard InChI is InChI=1S/C18H27FN2O/c1-4-11-22-12-5-6-15-16(19)7-8-17-18(15)14(13-20-17)9-10-21(2)3/h7-8,13,20H,4-6,9-12H2,1-3H3. The summed E-state index contributed by atoms with van der Waals surface area (Å²) < 4.78 is 19.8. The number of aryl methyl sites for hydroxylation is 1. The van der Waals surface area contributed by atoms with Gasteiger partial charge in [-0.05, 0) is 63.0 Å². The molecular weight excluding hydrogens is 279 g/mol. The minimum Gasteiger partial charge on any atom is -0.381 e. The lowest BCUT2D eigenvalue weighted by Gasteiger charge is -2.11. The smallest absolute Gasteiger partial charge is 0.127 e. The zero-order valence-electron chi connectivity index (χ0n) is 13.9. The number of halogens is 1. The Balaban J connectivity index is 2.15. The van der Waals surface area contributed by atoms with Crippen LogP contribution in [0.4, 0.5) is 4.39 Å². The third-order valence-electron chi connectivity index (χ3n) is 3.87. The van der Waals surface area contributed by atoms with E-state index in [0.29, 0.717) is 6.61 Å². The molecule has 2 aromatic rings. The summed E-state index contributed by atoms with van der Waals surface area (Å²) in [5.74, 6) is -0.103. The molecule has 1 aromatic heterocycles. The summed E-state index contributed by atoms with van der Waals surface area (Å²) in [5.41, 5.74) is 3.06. The molecule has 0 unspecified atom stereocenters. The molecule has 1 heterocycles. The molecular formula is C18H27FN2O. The van der Waals surface area contributed by atoms with Crippen LogP contribution in [0.1, 0.15) is 30.9 Å². The van der Waals surface area contributed by atoms with Gasteiger partial charge in [-0.25, -0.2) is 4.39 Å². The quantitative estimate of drug-likeness (QED) is 0.714. The summed E-state index contributed by atoms with van der Waals surface area (Å²) in [5, 5.41) is 1.07. The molecule has 22 heavy (non-hydrogen) atoms. The second-order valence-corrected chi connectivity index (χ2v) is 6.03. The maximum Gasteiger partial charge on any atom is 0.127 e. The predicted octanol–water partition coefficient (Wildman–Crippen LogP) is 3.77. The van der Waals surface area contributed by atoms with Crippen molar-refractivity contribution >= 4 is 10.9 Å². The summed E-state index contributed by atoms with van der Waals surface area (Å²) in [4.78, 5) is 5.42. The van der Waals surface area contributed by atoms with Crippen LogP contribution in [0.5, 0.6) is 0 Å². The van der Waals surface area contributed by atoms with Crippen molar-refractivity contribution in [3.05, 3.63) is 35.3 Å². The van der Waals surface area contributed by atoms with E-state index in [4.69, 9.17) is 4.74 Å². The molecule has 1 N–H and O–H groups in total. The van der Waals surface area contributed by atoms with Crippen LogP contribution < -0.4 is 0 Å². The van der Waals surface area contributed by atoms with Crippen molar-refractivity contribution in [1.29, 1.82) is 0 Å². The molecule has 2 rings (SSSR count). The number of rotatable bonds is 9. The summed E-state index contributed by atoms with van der Waals surface area (Å²) in [7, 11) is 4.11. The lowest BCUT2D eigenvalue weighted by Crippen LogP contribution is -2.15. The maximum atomic E-state index is 14.3. The third-order valence-corrected chi connectivity index (χ3v) is 3.87. The molecule has 0 aliphatic carbocycles. The number of likely N-dealkylation sites (N-methyl/N-ethyl adjacent to an activating group) is 1. The first-order chi connectivity index (χ1) is 10.6. The zero-order valence-corrected chi connectivity index (χ0v) is 13.9. The normalized spacial score (nSPS) is 11.7. The highest BCUT2D eigenvalue weighted by atomic mass is 19.1. The number of fused-ring (bicyclic) bond motifs is 1. The first kappa shape index (κ1) is 17.0. The first-order valence-corrected chi connectivity index (χ1v) is 8.13. The van der Waals surface area contributed by atoms with Gasteiger partial charge >= 0.3 is 0 Å². The lowest BCUT2D eigenvalue weighted by molar-refractivity contribution is 0.132. The van der Waals surface area contributed by atoms with Crippen LogP contribution >= 0.6 is 0 Å². The number of nitrogens with one attached hydrogen (secondary N) is 1. The van der Waals surface area contributed by atoms with Crippen molar-refractivity contribution in [2.45, 2.75) is 32.6 Å². The van der Waals surface area contributed by atoms with Gasteiger partial charge < -0.3 is 14.6 Å². The third kappa shape index (κ3) is 4.31. The Kier molecular flexibility index (Phi) is 6.40. The van der Waals surface area contributed by atoms with Crippen molar-refractivity contribution in [3.8, 4) is 0 Å². The Bertz CT molecular complexity index is 592. The van der Waals surface area contributed by atoms with E-state index in [0.717, 1.165) is 55.3 Å². The lowest BCUT2D eigenvalue weighted by atomic mass is 10.00. The van der Waals surface area contributed by atoms with Crippen molar-refractivity contribution < 1.29 is 9.13 Å². The van der Waals surface area contributed by atoms with Gasteiger partial charge in [-0.2, -0.15) is 0 Å². The fourth-order valence-electron chi connectivity index (χ4n) is 2.73. The molecule has 0 bridgehead atoms. The number of benzene rings is 1. The van der Waals surface area contributed by atoms with E-state index in [1.165, 1.54) is 5.56 Å². The summed E-state index contributed by atoms with van der Waals surface area (Å²) >= 11 is 0. The first-order valence-electron chi connectivity index (χ1n) is 8.13. The second-order valence-electron chi connectivity index (χ2n) is 6.03. The fourth-order valence-corrected chi connectivity index (χ4v) is 2.73. The summed E-state index contributed by atoms with van der Waals surface area (Å²) in [6.07, 6.45) is 5.55. The van der Waals surface area contributed by atoms with E-state index in [2.05, 4.69) is 30.9 Å². The van der Waals surface area contributed by atoms with Crippen LogP contribution in [0.3, 0.4) is 0 Å². The second kappa shape index (κ2) is 8.30. The average molecular weight is 306 g/mol. The van der Waals surface area contributed by atoms with Crippen LogP contribution in [0, 0.1) is 5.82 Å². The molecule has 0 fully saturated rings. The van der Waals surface area contributed by atoms with Crippen molar-refractivity contribution in [3.63, 3.8) is 0 Å². The van der Waals surface area contributed by atoms with E-state index in [-0.39, 0.29) is 5.82 Å². The highest BCUT2D eigenvalue weighted by Gasteiger charge is 2.13. The molecule has 0 aliphatic rings. The number of hydrogen-bond acceptors (Lipinski definition) is 2. The number of aromatic amines is 1. The van der Waals surface area contributed by atoms with Crippen LogP contribution in [0.15, 0.2) is 18.3 Å². The van der Waals surface area contributed by atoms with Crippen LogP contribution in [0.2, 0.25) is 0 Å². The highest BCUT2D eigenvalue weighted by Crippen LogP contribution is 2.26. The predicted molar refractivity (Wildman–Crippen MR) is 89.9 cm³/mol. The van der Waals surface area contributed by atoms with Gasteiger partial charge in [0.05, 0.1) is 0 Å². The van der Waals surface area contributed by atoms with Crippen LogP contribution in [0.25, 0.3) is 10.9 Å². The van der Waals surface area contributed by atoms with Gasteiger partial charge in [0, 0.05) is 36.9 Å². The molecule has 1 aromatic carbocycles. The summed E-state index contributed by atoms with van der Waals surface area (Å²) in [6.45, 7) is 4.53. The Morgan fingerprint density at radius 3 is 2.73 bits per heavy atom. The highest BCUT2D eigenvalue weighted by molar-refractivity contribution is 5.87. The molecule has 122 valence electrons. The van der Waals surface area contributed by atoms with Gasteiger partial charge in [0.2, 0.25) is 0 Å². The average Bonchev–Trinajstić information content (AvgIpc) is 2.90. The Hall–Kier alpha value is -1.39. The molecule has 4 heteroatoms. The van der Waals surface area contributed by atoms with E-state index in [9.17, 15) is 4.39 Å². The van der Waals surface area contributed by atoms with Gasteiger partial charge in [0.15, 0.2) is 0 Å². The monoisotopic (exact) mass is 306 g/mol. The molecule has 3 nitrogen and oxygen atoms in total. The van der Waals surface area contributed by atoms with Crippen LogP contribution in [-0.4, -0.2) is 43.7 Å². The van der Waals surface area contributed by atoms with Crippen molar-refractivity contribution in [1.82, 2.24) is 9.88 Å². The van der Waals surface area contributed by atoms with E-state index in [1.807, 2.05) is 12.3 Å². The SMILES string of the molecule is CCCOCCCc1c(F)ccc2[nH]cc(CCN(C)C)c12. The number of ether oxygens (including phenoxy) is 1. The molecule has 0 aliphatic heterocycles. The van der Waals surface area contributed by atoms with E-state index >= 15 is 0 Å². The molecule has 0 spiro atoms. The molecule has 0 saturated carbocycles. The largest absolute Gasteiger partial charge is 0.381 e. The maximum absolute atomic E-state index is 14.3. The Morgan fingerprint density at radius 1 is 1.18 bits per heavy atom.